The van der Waals surface area contributed by atoms with Crippen molar-refractivity contribution in [2.75, 3.05) is 14.1 Å². The zero-order valence-corrected chi connectivity index (χ0v) is 23.4. The predicted octanol–water partition coefficient (Wildman–Crippen LogP) is 5.80. The molecule has 2 aromatic heterocycles. The van der Waals surface area contributed by atoms with E-state index in [2.05, 4.69) is 20.2 Å². The fourth-order valence-corrected chi connectivity index (χ4v) is 5.55. The van der Waals surface area contributed by atoms with Gasteiger partial charge < -0.3 is 10.2 Å². The van der Waals surface area contributed by atoms with Crippen molar-refractivity contribution >= 4 is 11.7 Å². The molecule has 1 fully saturated rings. The molecule has 4 aromatic rings. The maximum absolute atomic E-state index is 13.9. The molecule has 12 heteroatoms. The van der Waals surface area contributed by atoms with Crippen LogP contribution in [0.3, 0.4) is 0 Å². The molecule has 1 saturated carbocycles. The standard InChI is InChI=1S/C30H30F3N7O2/c1-19-27(26-16-17-35-40(26)24-14-8-21(34-2)9-15-24)39(28(41)36-22-10-12-23(13-11-22)37(3)4)29(42)38(19)25-7-5-6-20(18-25)30(31,32)33/h5-9,14-18,22-23H,10-13H2,1,3-4H3,(H,36,41). The number of hydrogen-bond acceptors (Lipinski definition) is 4. The Bertz CT molecular complexity index is 1700. The fraction of sp³-hybridized carbons (Fsp3) is 0.333. The van der Waals surface area contributed by atoms with Crippen LogP contribution in [0.25, 0.3) is 27.6 Å². The summed E-state index contributed by atoms with van der Waals surface area (Å²) in [5, 5.41) is 7.38. The Balaban J connectivity index is 1.63. The number of carbonyl (C=O) groups excluding carboxylic acids is 1. The molecule has 0 saturated heterocycles. The molecule has 0 aliphatic heterocycles. The predicted molar refractivity (Wildman–Crippen MR) is 152 cm³/mol. The highest BCUT2D eigenvalue weighted by Gasteiger charge is 2.33. The van der Waals surface area contributed by atoms with Gasteiger partial charge in [-0.3, -0.25) is 4.57 Å². The van der Waals surface area contributed by atoms with Crippen molar-refractivity contribution in [3.05, 3.63) is 94.0 Å². The van der Waals surface area contributed by atoms with Crippen LogP contribution in [0.15, 0.2) is 65.6 Å². The largest absolute Gasteiger partial charge is 0.416 e. The first-order chi connectivity index (χ1) is 20.0. The van der Waals surface area contributed by atoms with Gasteiger partial charge in [-0.1, -0.05) is 18.2 Å². The minimum Gasteiger partial charge on any atom is -0.335 e. The molecular formula is C30H30F3N7O2. The van der Waals surface area contributed by atoms with Crippen LogP contribution < -0.4 is 11.0 Å². The highest BCUT2D eigenvalue weighted by atomic mass is 19.4. The second-order valence-electron chi connectivity index (χ2n) is 10.6. The van der Waals surface area contributed by atoms with Crippen molar-refractivity contribution < 1.29 is 18.0 Å². The van der Waals surface area contributed by atoms with Gasteiger partial charge in [-0.25, -0.2) is 23.7 Å². The topological polar surface area (TPSA) is 81.5 Å². The summed E-state index contributed by atoms with van der Waals surface area (Å²) >= 11 is 0. The number of halogens is 3. The molecule has 9 nitrogen and oxygen atoms in total. The Labute approximate surface area is 240 Å². The SMILES string of the molecule is [C-]#[N+]c1ccc(-n2nccc2-c2c(C)n(-c3cccc(C(F)(F)F)c3)c(=O)n2C(=O)NC2CCC(N(C)C)CC2)cc1. The zero-order valence-electron chi connectivity index (χ0n) is 23.4. The molecular weight excluding hydrogens is 547 g/mol. The number of benzene rings is 2. The number of rotatable bonds is 5. The lowest BCUT2D eigenvalue weighted by atomic mass is 9.90. The molecule has 0 radical (unpaired) electrons. The van der Waals surface area contributed by atoms with Crippen LogP contribution in [0.1, 0.15) is 36.9 Å². The van der Waals surface area contributed by atoms with Crippen molar-refractivity contribution in [2.24, 2.45) is 0 Å². The fourth-order valence-electron chi connectivity index (χ4n) is 5.55. The summed E-state index contributed by atoms with van der Waals surface area (Å²) in [5.41, 5.74) is 0.144. The molecule has 0 spiro atoms. The maximum Gasteiger partial charge on any atom is 0.416 e. The summed E-state index contributed by atoms with van der Waals surface area (Å²) in [6, 6.07) is 12.3. The third kappa shape index (κ3) is 5.47. The Morgan fingerprint density at radius 3 is 2.36 bits per heavy atom. The molecule has 0 bridgehead atoms. The minimum atomic E-state index is -4.61. The average Bonchev–Trinajstić information content (AvgIpc) is 3.54. The van der Waals surface area contributed by atoms with Crippen molar-refractivity contribution in [2.45, 2.75) is 50.9 Å². The number of nitrogens with zero attached hydrogens (tertiary/aromatic N) is 6. The molecule has 2 heterocycles. The lowest BCUT2D eigenvalue weighted by Crippen LogP contribution is -2.45. The molecule has 1 amide bonds. The quantitative estimate of drug-likeness (QED) is 0.304. The molecule has 0 unspecified atom stereocenters. The Kier molecular flexibility index (Phi) is 7.79. The summed E-state index contributed by atoms with van der Waals surface area (Å²) in [5.74, 6) is 0. The normalized spacial score (nSPS) is 17.3. The van der Waals surface area contributed by atoms with E-state index in [-0.39, 0.29) is 23.1 Å². The van der Waals surface area contributed by atoms with Crippen LogP contribution >= 0.6 is 0 Å². The lowest BCUT2D eigenvalue weighted by Gasteiger charge is -2.32. The van der Waals surface area contributed by atoms with Crippen molar-refractivity contribution in [3.63, 3.8) is 0 Å². The van der Waals surface area contributed by atoms with Gasteiger partial charge in [0.05, 0.1) is 41.1 Å². The van der Waals surface area contributed by atoms with Gasteiger partial charge in [0.1, 0.15) is 5.69 Å². The second-order valence-corrected chi connectivity index (χ2v) is 10.6. The third-order valence-electron chi connectivity index (χ3n) is 7.78. The van der Waals surface area contributed by atoms with E-state index in [1.165, 1.54) is 23.0 Å². The van der Waals surface area contributed by atoms with Gasteiger partial charge in [-0.2, -0.15) is 18.3 Å². The van der Waals surface area contributed by atoms with E-state index >= 15 is 0 Å². The summed E-state index contributed by atoms with van der Waals surface area (Å²) in [7, 11) is 4.04. The van der Waals surface area contributed by atoms with Gasteiger partial charge >= 0.3 is 17.9 Å². The van der Waals surface area contributed by atoms with Crippen LogP contribution in [0, 0.1) is 13.5 Å². The van der Waals surface area contributed by atoms with E-state index in [0.717, 1.165) is 47.0 Å². The van der Waals surface area contributed by atoms with Gasteiger partial charge in [0, 0.05) is 12.1 Å². The zero-order chi connectivity index (χ0) is 30.2. The molecule has 1 N–H and O–H groups in total. The highest BCUT2D eigenvalue weighted by Crippen LogP contribution is 2.32. The van der Waals surface area contributed by atoms with E-state index in [1.54, 1.807) is 37.3 Å². The monoisotopic (exact) mass is 577 g/mol. The Hall–Kier alpha value is -4.63. The Morgan fingerprint density at radius 2 is 1.74 bits per heavy atom. The van der Waals surface area contributed by atoms with Crippen molar-refractivity contribution in [1.29, 1.82) is 0 Å². The summed E-state index contributed by atoms with van der Waals surface area (Å²) < 4.78 is 44.3. The van der Waals surface area contributed by atoms with E-state index in [0.29, 0.717) is 23.1 Å². The van der Waals surface area contributed by atoms with Crippen LogP contribution in [0.5, 0.6) is 0 Å². The first-order valence-electron chi connectivity index (χ1n) is 13.5. The highest BCUT2D eigenvalue weighted by molar-refractivity contribution is 5.83. The number of imidazole rings is 1. The van der Waals surface area contributed by atoms with E-state index in [1.807, 2.05) is 14.1 Å². The molecule has 0 atom stereocenters. The van der Waals surface area contributed by atoms with Gasteiger partial charge in [0.25, 0.3) is 0 Å². The summed E-state index contributed by atoms with van der Waals surface area (Å²) in [4.78, 5) is 33.3. The lowest BCUT2D eigenvalue weighted by molar-refractivity contribution is -0.137. The van der Waals surface area contributed by atoms with Gasteiger partial charge in [0.15, 0.2) is 5.69 Å². The number of carbonyl (C=O) groups is 1. The van der Waals surface area contributed by atoms with Crippen LogP contribution in [0.4, 0.5) is 23.7 Å². The van der Waals surface area contributed by atoms with Crippen LogP contribution in [0.2, 0.25) is 0 Å². The number of nitrogens with one attached hydrogen (secondary N) is 1. The van der Waals surface area contributed by atoms with E-state index in [4.69, 9.17) is 6.57 Å². The number of alkyl halides is 3. The molecule has 42 heavy (non-hydrogen) atoms. The third-order valence-corrected chi connectivity index (χ3v) is 7.78. The number of amides is 1. The number of aromatic nitrogens is 4. The van der Waals surface area contributed by atoms with Gasteiger partial charge in [0.2, 0.25) is 0 Å². The van der Waals surface area contributed by atoms with Crippen LogP contribution in [-0.4, -0.2) is 56.0 Å². The van der Waals surface area contributed by atoms with E-state index in [9.17, 15) is 22.8 Å². The molecule has 1 aliphatic rings. The van der Waals surface area contributed by atoms with Gasteiger partial charge in [-0.15, -0.1) is 0 Å². The smallest absolute Gasteiger partial charge is 0.335 e. The molecule has 218 valence electrons. The average molecular weight is 578 g/mol. The minimum absolute atomic E-state index is 0.0147. The van der Waals surface area contributed by atoms with Crippen molar-refractivity contribution in [3.8, 4) is 22.8 Å². The summed E-state index contributed by atoms with van der Waals surface area (Å²) in [6.07, 6.45) is 0.134. The summed E-state index contributed by atoms with van der Waals surface area (Å²) in [6.45, 7) is 8.80. The van der Waals surface area contributed by atoms with E-state index < -0.39 is 23.5 Å². The van der Waals surface area contributed by atoms with Gasteiger partial charge in [-0.05, 0) is 83.1 Å². The molecule has 2 aromatic carbocycles. The molecule has 5 rings (SSSR count). The van der Waals surface area contributed by atoms with Crippen LogP contribution in [-0.2, 0) is 6.18 Å². The van der Waals surface area contributed by atoms with Crippen molar-refractivity contribution in [1.82, 2.24) is 29.1 Å². The maximum atomic E-state index is 13.9. The second kappa shape index (κ2) is 11.3. The number of hydrogen-bond donors (Lipinski definition) is 1. The first-order valence-corrected chi connectivity index (χ1v) is 13.5. The Morgan fingerprint density at radius 1 is 1.05 bits per heavy atom. The first kappa shape index (κ1) is 28.9. The molecule has 1 aliphatic carbocycles.